The second kappa shape index (κ2) is 39.9. The summed E-state index contributed by atoms with van der Waals surface area (Å²) in [5.74, 6) is -5.52. The third kappa shape index (κ3) is 27.7. The summed E-state index contributed by atoms with van der Waals surface area (Å²) in [4.78, 5) is 145. The maximum Gasteiger partial charge on any atom is 0.412 e. The number of phenols is 1. The second-order valence-electron chi connectivity index (χ2n) is 22.8. The van der Waals surface area contributed by atoms with Gasteiger partial charge in [0.05, 0.1) is 58.6 Å². The van der Waals surface area contributed by atoms with Crippen LogP contribution >= 0.6 is 0 Å². The average Bonchev–Trinajstić information content (AvgIpc) is 0.970. The van der Waals surface area contributed by atoms with E-state index in [0.29, 0.717) is 44.6 Å². The molecule has 2 aliphatic rings. The first-order valence-corrected chi connectivity index (χ1v) is 31.0. The number of carbonyl (C=O) groups excluding carboxylic acids is 10. The van der Waals surface area contributed by atoms with E-state index in [9.17, 15) is 53.1 Å². The summed E-state index contributed by atoms with van der Waals surface area (Å²) in [5, 5.41) is 32.0. The fourth-order valence-corrected chi connectivity index (χ4v) is 10.0. The van der Waals surface area contributed by atoms with Gasteiger partial charge in [0, 0.05) is 71.7 Å². The molecule has 31 nitrogen and oxygen atoms in total. The smallest absolute Gasteiger partial charge is 0.412 e. The van der Waals surface area contributed by atoms with Crippen molar-refractivity contribution in [3.63, 3.8) is 0 Å². The Balaban J connectivity index is 1.06. The highest BCUT2D eigenvalue weighted by atomic mass is 16.9. The Kier molecular flexibility index (Phi) is 32.3. The van der Waals surface area contributed by atoms with E-state index in [-0.39, 0.29) is 148 Å². The highest BCUT2D eigenvalue weighted by molar-refractivity contribution is 5.94. The Labute approximate surface area is 541 Å². The van der Waals surface area contributed by atoms with Crippen molar-refractivity contribution in [1.82, 2.24) is 61.7 Å². The van der Waals surface area contributed by atoms with Crippen LogP contribution in [0.15, 0.2) is 71.7 Å². The number of aliphatic imine (C=N–C) groups is 1. The van der Waals surface area contributed by atoms with Crippen molar-refractivity contribution in [1.29, 1.82) is 0 Å². The Hall–Kier alpha value is -8.43. The van der Waals surface area contributed by atoms with Crippen LogP contribution in [0.4, 0.5) is 0 Å². The highest BCUT2D eigenvalue weighted by Crippen LogP contribution is 2.24. The van der Waals surface area contributed by atoms with Crippen LogP contribution in [-0.2, 0) is 84.5 Å². The maximum atomic E-state index is 14.8. The molecule has 4 unspecified atom stereocenters. The van der Waals surface area contributed by atoms with Gasteiger partial charge in [-0.2, -0.15) is 0 Å². The van der Waals surface area contributed by atoms with Crippen molar-refractivity contribution in [2.45, 2.75) is 75.7 Å². The number of cyclic esters (lactones) is 2. The number of aldehydes is 1. The predicted octanol–water partition coefficient (Wildman–Crippen LogP) is -3.53. The predicted molar refractivity (Wildman–Crippen MR) is 341 cm³/mol. The first-order chi connectivity index (χ1) is 44.5. The van der Waals surface area contributed by atoms with E-state index in [1.165, 1.54) is 12.1 Å². The lowest BCUT2D eigenvalue weighted by Crippen LogP contribution is -2.67. The number of nitrogens with zero attached hydrogens (tertiary/aromatic N) is 6. The van der Waals surface area contributed by atoms with Gasteiger partial charge >= 0.3 is 24.4 Å². The van der Waals surface area contributed by atoms with E-state index in [1.807, 2.05) is 54.3 Å². The fourth-order valence-electron chi connectivity index (χ4n) is 10.0. The molecule has 2 fully saturated rings. The molecule has 2 heterocycles. The topological polar surface area (TPSA) is 402 Å². The zero-order valence-corrected chi connectivity index (χ0v) is 53.8. The lowest BCUT2D eigenvalue weighted by molar-refractivity contribution is -0.258. The fraction of sp³-hybridized carbons (Fsp3) is 0.565. The number of benzene rings is 3. The van der Waals surface area contributed by atoms with Crippen molar-refractivity contribution < 1.29 is 76.7 Å². The van der Waals surface area contributed by atoms with Crippen LogP contribution in [-0.4, -0.2) is 278 Å². The molecule has 0 spiro atoms. The molecule has 4 atom stereocenters. The van der Waals surface area contributed by atoms with Gasteiger partial charge in [0.25, 0.3) is 0 Å². The quantitative estimate of drug-likeness (QED) is 0.00952. The van der Waals surface area contributed by atoms with Gasteiger partial charge in [0.2, 0.25) is 35.4 Å². The van der Waals surface area contributed by atoms with Gasteiger partial charge in [-0.15, -0.1) is 0 Å². The third-order valence-corrected chi connectivity index (χ3v) is 15.3. The minimum absolute atomic E-state index is 0.00232. The molecule has 0 saturated carbocycles. The number of carbonyl (C=O) groups is 10. The summed E-state index contributed by atoms with van der Waals surface area (Å²) in [7, 11) is 6.68. The molecular weight excluding hydrogens is 1210 g/mol. The summed E-state index contributed by atoms with van der Waals surface area (Å²) >= 11 is 0. The maximum absolute atomic E-state index is 14.8. The normalized spacial score (nSPS) is 19.6. The molecule has 0 aromatic heterocycles. The van der Waals surface area contributed by atoms with Crippen molar-refractivity contribution in [3.05, 3.63) is 77.9 Å². The van der Waals surface area contributed by atoms with Crippen LogP contribution in [0, 0.1) is 0 Å². The molecule has 0 radical (unpaired) electrons. The summed E-state index contributed by atoms with van der Waals surface area (Å²) in [6.07, 6.45) is 1.35. The first-order valence-electron chi connectivity index (χ1n) is 31.0. The molecule has 12 N–H and O–H groups in total. The van der Waals surface area contributed by atoms with Crippen LogP contribution in [0.5, 0.6) is 5.75 Å². The zero-order chi connectivity index (χ0) is 67.7. The lowest BCUT2D eigenvalue weighted by atomic mass is 9.95. The van der Waals surface area contributed by atoms with Gasteiger partial charge in [0.15, 0.2) is 12.2 Å². The van der Waals surface area contributed by atoms with Gasteiger partial charge in [-0.1, -0.05) is 61.5 Å². The summed E-state index contributed by atoms with van der Waals surface area (Å²) in [6, 6.07) is 16.3. The molecule has 5 rings (SSSR count). The number of esters is 3. The van der Waals surface area contributed by atoms with Gasteiger partial charge in [-0.25, -0.2) is 0 Å². The largest absolute Gasteiger partial charge is 0.508 e. The minimum Gasteiger partial charge on any atom is -0.508 e. The van der Waals surface area contributed by atoms with Crippen LogP contribution in [0.3, 0.4) is 0 Å². The number of likely N-dealkylation sites (N-methyl/N-ethyl adjacent to an activating group) is 5. The lowest BCUT2D eigenvalue weighted by Gasteiger charge is -2.43. The number of guanidine groups is 1. The second-order valence-corrected chi connectivity index (χ2v) is 22.8. The number of nitrogens with one attached hydrogen (secondary N) is 7. The Bertz CT molecular complexity index is 2950. The Morgan fingerprint density at radius 1 is 0.753 bits per heavy atom. The van der Waals surface area contributed by atoms with E-state index in [4.69, 9.17) is 35.2 Å². The van der Waals surface area contributed by atoms with Gasteiger partial charge < -0.3 is 72.2 Å². The Morgan fingerprint density at radius 3 is 2.11 bits per heavy atom. The molecule has 2 aliphatic heterocycles. The van der Waals surface area contributed by atoms with Crippen molar-refractivity contribution in [2.75, 3.05) is 153 Å². The first kappa shape index (κ1) is 75.3. The van der Waals surface area contributed by atoms with E-state index < -0.39 is 77.7 Å². The molecule has 6 amide bonds. The van der Waals surface area contributed by atoms with Gasteiger partial charge in [-0.3, -0.25) is 82.8 Å². The molecule has 0 bridgehead atoms. The molecule has 3 aromatic carbocycles. The SMILES string of the molecule is CCN(CCN(C)CC(=O)OC1OC(=O)CN(C)CCN(C)CC(=O)O1)CC(=O)NCCOCCOCC(=O)NCC(=O)NCCCC1C(=O)NC(CCCN=C(N)N)C(=O)NC(Cc2ccc3ccccc3c2)C(=O)NCCNC(C=O)(Cc2ccc(O)cc2)N1C. The number of ether oxygens (including phenoxy) is 5. The number of fused-ring (bicyclic) bond motifs is 1. The molecule has 0 aliphatic carbocycles. The standard InChI is InChI=1S/C62H93N15O16/c1-6-77(29-28-75(4)40-56(85)93-61-91-54(83)38-73(2)26-27-74(3)39-55(84)92-61)37-52(81)66-25-30-89-31-32-90-41-53(82)69-36-51(80)65-21-10-14-50-59(88)71-48(13-9-22-68-60(63)64)58(87)72-49(34-44-15-18-45-11-7-8-12-46(45)33-44)57(86)67-23-24-70-62(42-78,76(50)5)35-43-16-19-47(79)20-17-43/h7-8,11-12,15-20,33,42,48-50,61,70,79H,6,9-10,13-14,21-32,34-41H2,1-5H3,(H,65,80)(H,66,81)(H,67,86)(H,69,82)(H,71,88)(H,72,87)(H4,63,64,68). The number of phenolic OH excluding ortho intramolecular Hbond substituents is 1. The average molecular weight is 1300 g/mol. The number of rotatable bonds is 32. The highest BCUT2D eigenvalue weighted by Gasteiger charge is 2.42. The minimum atomic E-state index is -1.83. The van der Waals surface area contributed by atoms with Crippen molar-refractivity contribution >= 4 is 76.4 Å². The molecule has 2 saturated heterocycles. The number of hydrogen-bond acceptors (Lipinski definition) is 23. The van der Waals surface area contributed by atoms with Crippen molar-refractivity contribution in [3.8, 4) is 5.75 Å². The van der Waals surface area contributed by atoms with Crippen LogP contribution in [0.25, 0.3) is 10.8 Å². The van der Waals surface area contributed by atoms with Crippen molar-refractivity contribution in [2.24, 2.45) is 16.5 Å². The van der Waals surface area contributed by atoms with E-state index in [0.717, 1.165) is 16.3 Å². The zero-order valence-electron chi connectivity index (χ0n) is 53.8. The molecular formula is C62H93N15O16. The van der Waals surface area contributed by atoms with E-state index in [2.05, 4.69) is 42.2 Å². The number of amides is 6. The van der Waals surface area contributed by atoms with Gasteiger partial charge in [0.1, 0.15) is 30.1 Å². The van der Waals surface area contributed by atoms with Gasteiger partial charge in [-0.05, 0) is 94.5 Å². The van der Waals surface area contributed by atoms with Crippen LogP contribution in [0.2, 0.25) is 0 Å². The Morgan fingerprint density at radius 2 is 1.42 bits per heavy atom. The molecule has 93 heavy (non-hydrogen) atoms. The molecule has 3 aromatic rings. The number of aromatic hydroxyl groups is 1. The summed E-state index contributed by atoms with van der Waals surface area (Å²) in [6.45, 7) is 1.98. The third-order valence-electron chi connectivity index (χ3n) is 15.3. The molecule has 512 valence electrons. The summed E-state index contributed by atoms with van der Waals surface area (Å²) < 4.78 is 26.3. The van der Waals surface area contributed by atoms with E-state index >= 15 is 0 Å². The number of hydrogen-bond donors (Lipinski definition) is 10. The molecule has 31 heteroatoms. The van der Waals surface area contributed by atoms with E-state index in [1.54, 1.807) is 59.9 Å². The summed E-state index contributed by atoms with van der Waals surface area (Å²) in [5.41, 5.74) is 11.0. The van der Waals surface area contributed by atoms with Crippen LogP contribution in [0.1, 0.15) is 43.7 Å². The number of nitrogens with two attached hydrogens (primary N) is 2. The van der Waals surface area contributed by atoms with Crippen LogP contribution < -0.4 is 48.7 Å². The monoisotopic (exact) mass is 1300 g/mol.